The van der Waals surface area contributed by atoms with E-state index < -0.39 is 4.92 Å². The zero-order valence-electron chi connectivity index (χ0n) is 11.9. The number of nitrogens with zero attached hydrogens (tertiary/aromatic N) is 4. The average Bonchev–Trinajstić information content (AvgIpc) is 2.33. The number of hydrogen-bond acceptors (Lipinski definition) is 6. The van der Waals surface area contributed by atoms with Crippen molar-refractivity contribution in [2.45, 2.75) is 34.1 Å². The number of rotatable bonds is 6. The summed E-state index contributed by atoms with van der Waals surface area (Å²) in [7, 11) is 0. The summed E-state index contributed by atoms with van der Waals surface area (Å²) >= 11 is 0. The van der Waals surface area contributed by atoms with Gasteiger partial charge in [0.1, 0.15) is 5.69 Å². The van der Waals surface area contributed by atoms with Gasteiger partial charge in [-0.05, 0) is 19.8 Å². The first-order chi connectivity index (χ1) is 8.90. The molecule has 1 rings (SSSR count). The smallest absolute Gasteiger partial charge is 0.332 e. The number of aromatic nitrogens is 2. The highest BCUT2D eigenvalue weighted by Gasteiger charge is 2.25. The Morgan fingerprint density at radius 1 is 1.42 bits per heavy atom. The summed E-state index contributed by atoms with van der Waals surface area (Å²) in [6.45, 7) is 9.07. The second kappa shape index (κ2) is 6.31. The molecular weight excluding hydrogens is 246 g/mol. The fourth-order valence-corrected chi connectivity index (χ4v) is 1.88. The molecule has 0 amide bonds. The van der Waals surface area contributed by atoms with Crippen LogP contribution in [0, 0.1) is 23.0 Å². The van der Waals surface area contributed by atoms with Crippen molar-refractivity contribution in [3.63, 3.8) is 0 Å². The Morgan fingerprint density at radius 3 is 2.53 bits per heavy atom. The summed E-state index contributed by atoms with van der Waals surface area (Å²) < 4.78 is 0. The number of nitrogen functional groups attached to an aromatic ring is 1. The molecule has 0 saturated carbocycles. The molecule has 1 atom stereocenters. The highest BCUT2D eigenvalue weighted by Crippen LogP contribution is 2.29. The lowest BCUT2D eigenvalue weighted by atomic mass is 10.1. The van der Waals surface area contributed by atoms with Crippen molar-refractivity contribution < 1.29 is 4.92 Å². The first kappa shape index (κ1) is 15.1. The van der Waals surface area contributed by atoms with Gasteiger partial charge in [-0.2, -0.15) is 4.98 Å². The van der Waals surface area contributed by atoms with Crippen LogP contribution >= 0.6 is 0 Å². The van der Waals surface area contributed by atoms with E-state index in [9.17, 15) is 10.1 Å². The van der Waals surface area contributed by atoms with Crippen molar-refractivity contribution in [3.8, 4) is 0 Å². The molecule has 0 spiro atoms. The predicted molar refractivity (Wildman–Crippen MR) is 75.2 cm³/mol. The van der Waals surface area contributed by atoms with E-state index in [0.29, 0.717) is 30.5 Å². The monoisotopic (exact) mass is 267 g/mol. The van der Waals surface area contributed by atoms with Crippen molar-refractivity contribution in [1.82, 2.24) is 9.97 Å². The first-order valence-electron chi connectivity index (χ1n) is 6.44. The molecule has 106 valence electrons. The fourth-order valence-electron chi connectivity index (χ4n) is 1.88. The molecule has 19 heavy (non-hydrogen) atoms. The number of aryl methyl sites for hydroxylation is 1. The second-order valence-corrected chi connectivity index (χ2v) is 4.65. The Kier molecular flexibility index (Phi) is 5.02. The van der Waals surface area contributed by atoms with Crippen LogP contribution in [-0.2, 0) is 0 Å². The second-order valence-electron chi connectivity index (χ2n) is 4.65. The van der Waals surface area contributed by atoms with E-state index in [1.807, 2.05) is 11.8 Å². The lowest BCUT2D eigenvalue weighted by Gasteiger charge is -2.25. The van der Waals surface area contributed by atoms with E-state index in [-0.39, 0.29) is 11.6 Å². The van der Waals surface area contributed by atoms with Crippen molar-refractivity contribution in [3.05, 3.63) is 15.8 Å². The van der Waals surface area contributed by atoms with Gasteiger partial charge in [0.2, 0.25) is 11.8 Å². The molecule has 0 aromatic carbocycles. The minimum absolute atomic E-state index is 0.0562. The molecule has 1 unspecified atom stereocenters. The van der Waals surface area contributed by atoms with E-state index in [1.54, 1.807) is 6.92 Å². The Bertz CT molecular complexity index is 464. The number of hydrogen-bond donors (Lipinski definition) is 1. The first-order valence-corrected chi connectivity index (χ1v) is 6.44. The van der Waals surface area contributed by atoms with Crippen LogP contribution in [0.3, 0.4) is 0 Å². The molecule has 0 aliphatic carbocycles. The van der Waals surface area contributed by atoms with Crippen LogP contribution < -0.4 is 10.6 Å². The Morgan fingerprint density at radius 2 is 2.05 bits per heavy atom. The highest BCUT2D eigenvalue weighted by molar-refractivity contribution is 5.61. The molecule has 0 saturated heterocycles. The predicted octanol–water partition coefficient (Wildman–Crippen LogP) is 2.15. The molecule has 2 N–H and O–H groups in total. The van der Waals surface area contributed by atoms with Crippen molar-refractivity contribution in [1.29, 1.82) is 0 Å². The zero-order valence-corrected chi connectivity index (χ0v) is 11.9. The SMILES string of the molecule is CCC(C)CN(CC)c1nc(N)nc(C)c1[N+](=O)[O-]. The largest absolute Gasteiger partial charge is 0.368 e. The maximum Gasteiger partial charge on any atom is 0.332 e. The zero-order chi connectivity index (χ0) is 14.6. The van der Waals surface area contributed by atoms with E-state index in [4.69, 9.17) is 5.73 Å². The van der Waals surface area contributed by atoms with E-state index in [2.05, 4.69) is 23.8 Å². The molecule has 1 heterocycles. The maximum atomic E-state index is 11.2. The lowest BCUT2D eigenvalue weighted by molar-refractivity contribution is -0.385. The van der Waals surface area contributed by atoms with Gasteiger partial charge in [-0.25, -0.2) is 4.98 Å². The third-order valence-corrected chi connectivity index (χ3v) is 3.15. The molecule has 0 bridgehead atoms. The van der Waals surface area contributed by atoms with Crippen LogP contribution in [0.2, 0.25) is 0 Å². The standard InChI is InChI=1S/C12H21N5O2/c1-5-8(3)7-16(6-2)11-10(17(18)19)9(4)14-12(13)15-11/h8H,5-7H2,1-4H3,(H2,13,14,15). The Labute approximate surface area is 113 Å². The lowest BCUT2D eigenvalue weighted by Crippen LogP contribution is -2.30. The van der Waals surface area contributed by atoms with E-state index in [0.717, 1.165) is 6.42 Å². The molecule has 0 aliphatic rings. The average molecular weight is 267 g/mol. The van der Waals surface area contributed by atoms with E-state index >= 15 is 0 Å². The molecule has 7 nitrogen and oxygen atoms in total. The molecular formula is C12H21N5O2. The van der Waals surface area contributed by atoms with Gasteiger partial charge in [-0.1, -0.05) is 20.3 Å². The Balaban J connectivity index is 3.25. The van der Waals surface area contributed by atoms with Crippen LogP contribution in [0.25, 0.3) is 0 Å². The van der Waals surface area contributed by atoms with Gasteiger partial charge in [-0.3, -0.25) is 10.1 Å². The molecule has 0 fully saturated rings. The quantitative estimate of drug-likeness (QED) is 0.626. The van der Waals surface area contributed by atoms with Crippen molar-refractivity contribution in [2.24, 2.45) is 5.92 Å². The van der Waals surface area contributed by atoms with Crippen LogP contribution in [0.5, 0.6) is 0 Å². The maximum absolute atomic E-state index is 11.2. The van der Waals surface area contributed by atoms with Crippen LogP contribution in [0.4, 0.5) is 17.5 Å². The summed E-state index contributed by atoms with van der Waals surface area (Å²) in [6.07, 6.45) is 1.00. The van der Waals surface area contributed by atoms with Gasteiger partial charge < -0.3 is 10.6 Å². The molecule has 7 heteroatoms. The van der Waals surface area contributed by atoms with Gasteiger partial charge >= 0.3 is 5.69 Å². The van der Waals surface area contributed by atoms with Crippen LogP contribution in [0.15, 0.2) is 0 Å². The summed E-state index contributed by atoms with van der Waals surface area (Å²) in [5.41, 5.74) is 5.86. The van der Waals surface area contributed by atoms with Crippen LogP contribution in [0.1, 0.15) is 32.9 Å². The number of anilines is 2. The van der Waals surface area contributed by atoms with E-state index in [1.165, 1.54) is 0 Å². The normalized spacial score (nSPS) is 12.2. The van der Waals surface area contributed by atoms with Gasteiger partial charge in [0.15, 0.2) is 0 Å². The topological polar surface area (TPSA) is 98.2 Å². The fraction of sp³-hybridized carbons (Fsp3) is 0.667. The molecule has 1 aromatic heterocycles. The summed E-state index contributed by atoms with van der Waals surface area (Å²) in [4.78, 5) is 20.6. The highest BCUT2D eigenvalue weighted by atomic mass is 16.6. The van der Waals surface area contributed by atoms with Gasteiger partial charge in [0.05, 0.1) is 4.92 Å². The molecule has 1 aromatic rings. The van der Waals surface area contributed by atoms with Gasteiger partial charge in [-0.15, -0.1) is 0 Å². The summed E-state index contributed by atoms with van der Waals surface area (Å²) in [5.74, 6) is 0.814. The third kappa shape index (κ3) is 3.52. The minimum Gasteiger partial charge on any atom is -0.368 e. The third-order valence-electron chi connectivity index (χ3n) is 3.15. The van der Waals surface area contributed by atoms with Gasteiger partial charge in [0.25, 0.3) is 0 Å². The molecule has 0 radical (unpaired) electrons. The summed E-state index contributed by atoms with van der Waals surface area (Å²) in [5, 5.41) is 11.2. The Hall–Kier alpha value is -1.92. The molecule has 0 aliphatic heterocycles. The van der Waals surface area contributed by atoms with Crippen LogP contribution in [-0.4, -0.2) is 28.0 Å². The summed E-state index contributed by atoms with van der Waals surface area (Å²) in [6, 6.07) is 0. The van der Waals surface area contributed by atoms with Gasteiger partial charge in [0, 0.05) is 13.1 Å². The minimum atomic E-state index is -0.441. The van der Waals surface area contributed by atoms with Crippen molar-refractivity contribution in [2.75, 3.05) is 23.7 Å². The number of nitrogens with two attached hydrogens (primary N) is 1. The number of nitro groups is 1. The van der Waals surface area contributed by atoms with Crippen molar-refractivity contribution >= 4 is 17.5 Å².